The Morgan fingerprint density at radius 1 is 0.600 bits per heavy atom. The number of aliphatic carboxylic acids is 6. The minimum atomic E-state index is -1.26. The van der Waals surface area contributed by atoms with Crippen LogP contribution in [-0.2, 0) is 28.8 Å². The molecule has 1 aliphatic heterocycles. The Morgan fingerprint density at radius 2 is 0.954 bits per heavy atom. The molecule has 21 heteroatoms. The maximum Gasteiger partial charge on any atom is 0.328 e. The molecule has 354 valence electrons. The van der Waals surface area contributed by atoms with Crippen LogP contribution in [0.1, 0.15) is 29.9 Å². The van der Waals surface area contributed by atoms with Crippen LogP contribution in [0.15, 0.2) is 97.1 Å². The normalized spacial score (nSPS) is 13.0. The molecule has 4 rings (SSSR count). The maximum atomic E-state index is 13.5. The lowest BCUT2D eigenvalue weighted by Crippen LogP contribution is -2.49. The van der Waals surface area contributed by atoms with Crippen LogP contribution in [0, 0.1) is 11.6 Å². The molecule has 19 nitrogen and oxygen atoms in total. The number of anilines is 1. The molecule has 0 aromatic heterocycles. The third-order valence-electron chi connectivity index (χ3n) is 8.76. The molecule has 3 aromatic rings. The topological polar surface area (TPSA) is 290 Å². The van der Waals surface area contributed by atoms with E-state index in [9.17, 15) is 42.7 Å². The van der Waals surface area contributed by atoms with Gasteiger partial charge in [-0.2, -0.15) is 0 Å². The number of ether oxygens (including phenoxy) is 3. The minimum Gasteiger partial charge on any atom is -0.493 e. The number of nitrogens with one attached hydrogen (secondary N) is 1. The SMILES string of the molecule is COc1cc(NCC(O)CN2CCN(CCCC(c3ccc(F)cc3)c3ccc(F)cc3)CC2)cc(OC)c1OC.O=C(O)/C=C\C(=O)O.O=C(O)/C=C\C(=O)O.O=C(O)/C=C\C(=O)O. The van der Waals surface area contributed by atoms with Crippen LogP contribution in [0.25, 0.3) is 0 Å². The van der Waals surface area contributed by atoms with Gasteiger partial charge in [0.2, 0.25) is 5.75 Å². The number of carbonyl (C=O) groups is 6. The van der Waals surface area contributed by atoms with E-state index in [2.05, 4.69) is 15.1 Å². The fourth-order valence-electron chi connectivity index (χ4n) is 5.84. The molecule has 1 saturated heterocycles. The number of methoxy groups -OCH3 is 3. The maximum absolute atomic E-state index is 13.5. The van der Waals surface area contributed by atoms with Crippen LogP contribution in [0.4, 0.5) is 14.5 Å². The number of β-amino-alcohol motifs (C(OH)–C–C–N with tert-alkyl or cyclic N) is 1. The highest BCUT2D eigenvalue weighted by Crippen LogP contribution is 2.40. The van der Waals surface area contributed by atoms with Crippen LogP contribution in [0.3, 0.4) is 0 Å². The van der Waals surface area contributed by atoms with E-state index in [1.807, 2.05) is 36.4 Å². The molecule has 0 spiro atoms. The molecule has 1 aliphatic rings. The third-order valence-corrected chi connectivity index (χ3v) is 8.76. The standard InChI is InChI=1S/C32H41F2N3O4.3C4H4O4/c1-39-30-19-27(20-31(40-2)32(30)41-3)35-21-28(38)22-37-17-15-36(16-18-37)14-4-5-29(23-6-10-25(33)11-7-23)24-8-12-26(34)13-9-24;3*5-3(6)1-2-4(7)8/h6-13,19-20,28-29,35,38H,4-5,14-18,21-22H2,1-3H3;3*1-2H,(H,5,6)(H,7,8)/b;3*2-1-. The first kappa shape index (κ1) is 55.7. The largest absolute Gasteiger partial charge is 0.493 e. The Bertz CT molecular complexity index is 1870. The number of carboxylic acid groups (broad SMARTS) is 6. The fraction of sp³-hybridized carbons (Fsp3) is 0.318. The second-order valence-corrected chi connectivity index (χ2v) is 13.4. The van der Waals surface area contributed by atoms with Gasteiger partial charge in [0.15, 0.2) is 11.5 Å². The fourth-order valence-corrected chi connectivity index (χ4v) is 5.84. The summed E-state index contributed by atoms with van der Waals surface area (Å²) < 4.78 is 43.2. The highest BCUT2D eigenvalue weighted by molar-refractivity contribution is 5.90. The van der Waals surface area contributed by atoms with Gasteiger partial charge in [-0.3, -0.25) is 4.90 Å². The summed E-state index contributed by atoms with van der Waals surface area (Å²) in [6, 6.07) is 16.9. The van der Waals surface area contributed by atoms with E-state index >= 15 is 0 Å². The quantitative estimate of drug-likeness (QED) is 0.0739. The average molecular weight is 918 g/mol. The monoisotopic (exact) mass is 917 g/mol. The lowest BCUT2D eigenvalue weighted by Gasteiger charge is -2.36. The highest BCUT2D eigenvalue weighted by Gasteiger charge is 2.21. The molecule has 3 aromatic carbocycles. The van der Waals surface area contributed by atoms with Gasteiger partial charge in [0, 0.05) is 99.5 Å². The Morgan fingerprint density at radius 3 is 1.28 bits per heavy atom. The van der Waals surface area contributed by atoms with E-state index in [-0.39, 0.29) is 17.6 Å². The molecule has 0 bridgehead atoms. The second-order valence-electron chi connectivity index (χ2n) is 13.4. The smallest absolute Gasteiger partial charge is 0.328 e. The van der Waals surface area contributed by atoms with Crippen molar-refractivity contribution in [3.05, 3.63) is 120 Å². The van der Waals surface area contributed by atoms with Crippen LogP contribution in [0.5, 0.6) is 17.2 Å². The number of aliphatic hydroxyl groups is 1. The van der Waals surface area contributed by atoms with E-state index in [1.165, 1.54) is 24.3 Å². The number of piperazine rings is 1. The summed E-state index contributed by atoms with van der Waals surface area (Å²) >= 11 is 0. The van der Waals surface area contributed by atoms with Gasteiger partial charge < -0.3 is 60.2 Å². The van der Waals surface area contributed by atoms with Gasteiger partial charge in [-0.15, -0.1) is 0 Å². The molecule has 1 unspecified atom stereocenters. The summed E-state index contributed by atoms with van der Waals surface area (Å²) in [5.41, 5.74) is 2.86. The van der Waals surface area contributed by atoms with Crippen LogP contribution in [0.2, 0.25) is 0 Å². The summed E-state index contributed by atoms with van der Waals surface area (Å²) in [5.74, 6) is -6.33. The Labute approximate surface area is 372 Å². The summed E-state index contributed by atoms with van der Waals surface area (Å²) in [5, 5.41) is 60.8. The molecule has 0 amide bonds. The van der Waals surface area contributed by atoms with Crippen molar-refractivity contribution in [1.82, 2.24) is 9.80 Å². The Kier molecular flexibility index (Phi) is 26.2. The molecule has 8 N–H and O–H groups in total. The minimum absolute atomic E-state index is 0.0887. The van der Waals surface area contributed by atoms with Crippen molar-refractivity contribution in [1.29, 1.82) is 0 Å². The van der Waals surface area contributed by atoms with E-state index < -0.39 is 41.9 Å². The molecule has 0 saturated carbocycles. The molecular formula is C44H53F2N3O16. The van der Waals surface area contributed by atoms with Gasteiger partial charge in [-0.05, 0) is 54.8 Å². The lowest BCUT2D eigenvalue weighted by molar-refractivity contribution is -0.134. The van der Waals surface area contributed by atoms with Crippen molar-refractivity contribution >= 4 is 41.5 Å². The van der Waals surface area contributed by atoms with Gasteiger partial charge in [-0.25, -0.2) is 37.5 Å². The number of hydrogen-bond donors (Lipinski definition) is 8. The summed E-state index contributed by atoms with van der Waals surface area (Å²) in [6.45, 7) is 5.59. The lowest BCUT2D eigenvalue weighted by atomic mass is 9.87. The van der Waals surface area contributed by atoms with Crippen molar-refractivity contribution < 1.29 is 87.5 Å². The van der Waals surface area contributed by atoms with E-state index in [0.717, 1.165) is 62.4 Å². The van der Waals surface area contributed by atoms with E-state index in [0.29, 0.717) is 66.8 Å². The third kappa shape index (κ3) is 24.8. The zero-order chi connectivity index (χ0) is 48.9. The van der Waals surface area contributed by atoms with Crippen molar-refractivity contribution in [3.8, 4) is 17.2 Å². The van der Waals surface area contributed by atoms with Crippen molar-refractivity contribution in [2.45, 2.75) is 24.9 Å². The summed E-state index contributed by atoms with van der Waals surface area (Å²) in [6.07, 6.45) is 4.68. The molecular weight excluding hydrogens is 864 g/mol. The zero-order valence-corrected chi connectivity index (χ0v) is 35.7. The number of rotatable bonds is 20. The number of benzene rings is 3. The predicted octanol–water partition coefficient (Wildman–Crippen LogP) is 4.13. The number of aliphatic hydroxyl groups excluding tert-OH is 1. The summed E-state index contributed by atoms with van der Waals surface area (Å²) in [4.78, 5) is 62.1. The van der Waals surface area contributed by atoms with Gasteiger partial charge in [0.25, 0.3) is 0 Å². The van der Waals surface area contributed by atoms with Crippen LogP contribution < -0.4 is 19.5 Å². The first-order valence-corrected chi connectivity index (χ1v) is 19.4. The van der Waals surface area contributed by atoms with Crippen molar-refractivity contribution in [3.63, 3.8) is 0 Å². The number of halogens is 2. The average Bonchev–Trinajstić information content (AvgIpc) is 3.26. The first-order valence-electron chi connectivity index (χ1n) is 19.4. The van der Waals surface area contributed by atoms with Crippen molar-refractivity contribution in [2.75, 3.05) is 72.5 Å². The first-order chi connectivity index (χ1) is 30.8. The van der Waals surface area contributed by atoms with Crippen LogP contribution in [-0.4, -0.2) is 155 Å². The number of hydrogen-bond acceptors (Lipinski definition) is 13. The Balaban J connectivity index is 0.000000716. The molecule has 0 radical (unpaired) electrons. The molecule has 0 aliphatic carbocycles. The van der Waals surface area contributed by atoms with E-state index in [1.54, 1.807) is 21.3 Å². The second kappa shape index (κ2) is 30.6. The van der Waals surface area contributed by atoms with Crippen molar-refractivity contribution in [2.24, 2.45) is 0 Å². The highest BCUT2D eigenvalue weighted by atomic mass is 19.1. The predicted molar refractivity (Wildman–Crippen MR) is 231 cm³/mol. The van der Waals surface area contributed by atoms with Gasteiger partial charge >= 0.3 is 35.8 Å². The van der Waals surface area contributed by atoms with E-state index in [4.69, 9.17) is 44.8 Å². The van der Waals surface area contributed by atoms with Crippen LogP contribution >= 0.6 is 0 Å². The van der Waals surface area contributed by atoms with Gasteiger partial charge in [-0.1, -0.05) is 24.3 Å². The summed E-state index contributed by atoms with van der Waals surface area (Å²) in [7, 11) is 4.71. The molecule has 1 heterocycles. The number of nitrogens with zero attached hydrogens (tertiary/aromatic N) is 2. The molecule has 65 heavy (non-hydrogen) atoms. The number of carboxylic acids is 6. The van der Waals surface area contributed by atoms with Gasteiger partial charge in [0.05, 0.1) is 27.4 Å². The Hall–Kier alpha value is -7.36. The molecule has 1 atom stereocenters. The van der Waals surface area contributed by atoms with Gasteiger partial charge in [0.1, 0.15) is 11.6 Å². The zero-order valence-electron chi connectivity index (χ0n) is 35.7. The molecule has 1 fully saturated rings.